The fourth-order valence-corrected chi connectivity index (χ4v) is 2.63. The average Bonchev–Trinajstić information content (AvgIpc) is 2.78. The molecule has 0 heterocycles. The molecule has 8 heteroatoms. The molecule has 0 aliphatic rings. The quantitative estimate of drug-likeness (QED) is 0.397. The summed E-state index contributed by atoms with van der Waals surface area (Å²) in [7, 11) is 1.53. The molecule has 0 spiro atoms. The molecular formula is C23H29N3O5. The Morgan fingerprint density at radius 3 is 2.48 bits per heavy atom. The van der Waals surface area contributed by atoms with Gasteiger partial charge in [0.1, 0.15) is 5.75 Å². The van der Waals surface area contributed by atoms with Crippen molar-refractivity contribution in [3.63, 3.8) is 0 Å². The van der Waals surface area contributed by atoms with Crippen LogP contribution >= 0.6 is 0 Å². The highest BCUT2D eigenvalue weighted by Gasteiger charge is 2.10. The van der Waals surface area contributed by atoms with Gasteiger partial charge in [-0.1, -0.05) is 19.1 Å². The predicted molar refractivity (Wildman–Crippen MR) is 120 cm³/mol. The Balaban J connectivity index is 1.83. The maximum absolute atomic E-state index is 12.1. The molecule has 2 aromatic rings. The Kier molecular flexibility index (Phi) is 9.87. The van der Waals surface area contributed by atoms with E-state index in [1.54, 1.807) is 24.3 Å². The number of nitrogens with zero attached hydrogens (tertiary/aromatic N) is 1. The van der Waals surface area contributed by atoms with Crippen molar-refractivity contribution in [1.29, 1.82) is 0 Å². The number of para-hydroxylation sites is 2. The van der Waals surface area contributed by atoms with Crippen LogP contribution in [-0.4, -0.2) is 38.4 Å². The SMILES string of the molecule is CCCOc1ccc(C=NNC(=O)CCC(=O)Nc2ccccc2OC)cc1OCC. The zero-order valence-corrected chi connectivity index (χ0v) is 18.1. The number of carbonyl (C=O) groups is 2. The van der Waals surface area contributed by atoms with Crippen molar-refractivity contribution in [2.75, 3.05) is 25.6 Å². The lowest BCUT2D eigenvalue weighted by atomic mass is 10.2. The van der Waals surface area contributed by atoms with Gasteiger partial charge in [0.25, 0.3) is 0 Å². The highest BCUT2D eigenvalue weighted by atomic mass is 16.5. The van der Waals surface area contributed by atoms with Crippen molar-refractivity contribution in [3.05, 3.63) is 48.0 Å². The van der Waals surface area contributed by atoms with E-state index < -0.39 is 0 Å². The number of methoxy groups -OCH3 is 1. The third kappa shape index (κ3) is 8.00. The maximum Gasteiger partial charge on any atom is 0.240 e. The van der Waals surface area contributed by atoms with Gasteiger partial charge in [0.15, 0.2) is 11.5 Å². The molecule has 2 N–H and O–H groups in total. The molecule has 0 aliphatic carbocycles. The molecule has 0 aromatic heterocycles. The van der Waals surface area contributed by atoms with Crippen LogP contribution in [0.4, 0.5) is 5.69 Å². The number of nitrogens with one attached hydrogen (secondary N) is 2. The summed E-state index contributed by atoms with van der Waals surface area (Å²) < 4.78 is 16.5. The van der Waals surface area contributed by atoms with Gasteiger partial charge >= 0.3 is 0 Å². The molecule has 2 rings (SSSR count). The fraction of sp³-hybridized carbons (Fsp3) is 0.348. The molecule has 0 saturated carbocycles. The summed E-state index contributed by atoms with van der Waals surface area (Å²) in [5, 5.41) is 6.68. The number of amides is 2. The second kappa shape index (κ2) is 12.9. The second-order valence-corrected chi connectivity index (χ2v) is 6.53. The van der Waals surface area contributed by atoms with Crippen LogP contribution in [0.5, 0.6) is 17.2 Å². The predicted octanol–water partition coefficient (Wildman–Crippen LogP) is 3.75. The van der Waals surface area contributed by atoms with Crippen LogP contribution in [0.1, 0.15) is 38.7 Å². The van der Waals surface area contributed by atoms with Gasteiger partial charge < -0.3 is 19.5 Å². The van der Waals surface area contributed by atoms with E-state index in [2.05, 4.69) is 15.8 Å². The van der Waals surface area contributed by atoms with E-state index >= 15 is 0 Å². The lowest BCUT2D eigenvalue weighted by molar-refractivity contribution is -0.124. The molecule has 0 unspecified atom stereocenters. The Hall–Kier alpha value is -3.55. The van der Waals surface area contributed by atoms with Crippen LogP contribution in [0.15, 0.2) is 47.6 Å². The van der Waals surface area contributed by atoms with Crippen LogP contribution < -0.4 is 25.0 Å². The number of ether oxygens (including phenoxy) is 3. The lowest BCUT2D eigenvalue weighted by Gasteiger charge is -2.11. The van der Waals surface area contributed by atoms with Gasteiger partial charge in [-0.05, 0) is 49.2 Å². The summed E-state index contributed by atoms with van der Waals surface area (Å²) >= 11 is 0. The van der Waals surface area contributed by atoms with Crippen LogP contribution in [0, 0.1) is 0 Å². The first-order chi connectivity index (χ1) is 15.1. The number of anilines is 1. The Morgan fingerprint density at radius 2 is 1.74 bits per heavy atom. The molecule has 0 radical (unpaired) electrons. The molecule has 166 valence electrons. The first-order valence-corrected chi connectivity index (χ1v) is 10.2. The number of hydrogen-bond donors (Lipinski definition) is 2. The molecule has 2 amide bonds. The average molecular weight is 428 g/mol. The Morgan fingerprint density at radius 1 is 0.968 bits per heavy atom. The van der Waals surface area contributed by atoms with Crippen LogP contribution in [-0.2, 0) is 9.59 Å². The second-order valence-electron chi connectivity index (χ2n) is 6.53. The summed E-state index contributed by atoms with van der Waals surface area (Å²) in [5.74, 6) is 1.21. The van der Waals surface area contributed by atoms with E-state index in [0.29, 0.717) is 36.1 Å². The minimum Gasteiger partial charge on any atom is -0.495 e. The summed E-state index contributed by atoms with van der Waals surface area (Å²) in [5.41, 5.74) is 3.74. The topological polar surface area (TPSA) is 98.2 Å². The maximum atomic E-state index is 12.1. The van der Waals surface area contributed by atoms with Gasteiger partial charge in [0.2, 0.25) is 11.8 Å². The molecule has 0 saturated heterocycles. The monoisotopic (exact) mass is 427 g/mol. The molecule has 0 bridgehead atoms. The van der Waals surface area contributed by atoms with Gasteiger partial charge in [-0.2, -0.15) is 5.10 Å². The first kappa shape index (κ1) is 23.7. The fourth-order valence-electron chi connectivity index (χ4n) is 2.63. The largest absolute Gasteiger partial charge is 0.495 e. The normalized spacial score (nSPS) is 10.5. The number of rotatable bonds is 12. The van der Waals surface area contributed by atoms with E-state index in [9.17, 15) is 9.59 Å². The highest BCUT2D eigenvalue weighted by Crippen LogP contribution is 2.28. The van der Waals surface area contributed by atoms with Gasteiger partial charge in [0, 0.05) is 12.8 Å². The summed E-state index contributed by atoms with van der Waals surface area (Å²) in [6.45, 7) is 5.05. The minimum absolute atomic E-state index is 0.00626. The van der Waals surface area contributed by atoms with Crippen molar-refractivity contribution >= 4 is 23.7 Å². The summed E-state index contributed by atoms with van der Waals surface area (Å²) in [4.78, 5) is 24.1. The van der Waals surface area contributed by atoms with E-state index in [4.69, 9.17) is 14.2 Å². The molecular weight excluding hydrogens is 398 g/mol. The van der Waals surface area contributed by atoms with Gasteiger partial charge in [-0.25, -0.2) is 5.43 Å². The van der Waals surface area contributed by atoms with Crippen molar-refractivity contribution in [2.24, 2.45) is 5.10 Å². The standard InChI is InChI=1S/C23H29N3O5/c1-4-14-31-20-11-10-17(15-21(20)30-5-2)16-24-26-23(28)13-12-22(27)25-18-8-6-7-9-19(18)29-3/h6-11,15-16H,4-5,12-14H2,1-3H3,(H,25,27)(H,26,28). The van der Waals surface area contributed by atoms with Crippen molar-refractivity contribution < 1.29 is 23.8 Å². The van der Waals surface area contributed by atoms with E-state index in [0.717, 1.165) is 12.0 Å². The van der Waals surface area contributed by atoms with Gasteiger partial charge in [-0.15, -0.1) is 0 Å². The van der Waals surface area contributed by atoms with Crippen LogP contribution in [0.25, 0.3) is 0 Å². The molecule has 0 atom stereocenters. The number of carbonyl (C=O) groups excluding carboxylic acids is 2. The van der Waals surface area contributed by atoms with E-state index in [-0.39, 0.29) is 24.7 Å². The zero-order valence-electron chi connectivity index (χ0n) is 18.1. The van der Waals surface area contributed by atoms with Crippen molar-refractivity contribution in [3.8, 4) is 17.2 Å². The number of hydrazone groups is 1. The van der Waals surface area contributed by atoms with Crippen molar-refractivity contribution in [2.45, 2.75) is 33.1 Å². The van der Waals surface area contributed by atoms with Gasteiger partial charge in [0.05, 0.1) is 32.2 Å². The van der Waals surface area contributed by atoms with Crippen molar-refractivity contribution in [1.82, 2.24) is 5.43 Å². The smallest absolute Gasteiger partial charge is 0.240 e. The third-order valence-electron chi connectivity index (χ3n) is 4.09. The minimum atomic E-state index is -0.362. The Bertz CT molecular complexity index is 899. The molecule has 0 fully saturated rings. The summed E-state index contributed by atoms with van der Waals surface area (Å²) in [6.07, 6.45) is 2.44. The Labute approximate surface area is 182 Å². The molecule has 31 heavy (non-hydrogen) atoms. The highest BCUT2D eigenvalue weighted by molar-refractivity contribution is 5.94. The van der Waals surface area contributed by atoms with E-state index in [1.165, 1.54) is 13.3 Å². The van der Waals surface area contributed by atoms with E-state index in [1.807, 2.05) is 32.0 Å². The zero-order chi connectivity index (χ0) is 22.5. The molecule has 2 aromatic carbocycles. The number of hydrogen-bond acceptors (Lipinski definition) is 6. The molecule has 8 nitrogen and oxygen atoms in total. The van der Waals surface area contributed by atoms with Crippen LogP contribution in [0.2, 0.25) is 0 Å². The lowest BCUT2D eigenvalue weighted by Crippen LogP contribution is -2.20. The summed E-state index contributed by atoms with van der Waals surface area (Å²) in [6, 6.07) is 12.5. The van der Waals surface area contributed by atoms with Gasteiger partial charge in [-0.3, -0.25) is 9.59 Å². The molecule has 0 aliphatic heterocycles. The van der Waals surface area contributed by atoms with Crippen LogP contribution in [0.3, 0.4) is 0 Å². The third-order valence-corrected chi connectivity index (χ3v) is 4.09. The number of benzene rings is 2. The first-order valence-electron chi connectivity index (χ1n) is 10.2.